The summed E-state index contributed by atoms with van der Waals surface area (Å²) in [5.41, 5.74) is 1.69. The molecule has 0 radical (unpaired) electrons. The molecule has 0 spiro atoms. The molecule has 0 aliphatic carbocycles. The van der Waals surface area contributed by atoms with E-state index in [1.165, 1.54) is 0 Å². The molecule has 0 aromatic carbocycles. The molecule has 2 heterocycles. The molecule has 102 valence electrons. The van der Waals surface area contributed by atoms with Gasteiger partial charge in [-0.25, -0.2) is 9.50 Å². The fourth-order valence-electron chi connectivity index (χ4n) is 1.91. The largest absolute Gasteiger partial charge is 0.393 e. The summed E-state index contributed by atoms with van der Waals surface area (Å²) >= 11 is 0. The van der Waals surface area contributed by atoms with Gasteiger partial charge in [0.25, 0.3) is 5.91 Å². The van der Waals surface area contributed by atoms with Crippen molar-refractivity contribution in [1.29, 1.82) is 0 Å². The van der Waals surface area contributed by atoms with Crippen LogP contribution in [0.3, 0.4) is 0 Å². The Morgan fingerprint density at radius 3 is 3.11 bits per heavy atom. The van der Waals surface area contributed by atoms with Crippen molar-refractivity contribution in [2.24, 2.45) is 0 Å². The summed E-state index contributed by atoms with van der Waals surface area (Å²) in [6.07, 6.45) is 4.26. The van der Waals surface area contributed by atoms with Gasteiger partial charge in [-0.1, -0.05) is 6.92 Å². The second-order valence-corrected chi connectivity index (χ2v) is 4.45. The highest BCUT2D eigenvalue weighted by atomic mass is 16.3. The van der Waals surface area contributed by atoms with Crippen molar-refractivity contribution < 1.29 is 9.90 Å². The van der Waals surface area contributed by atoms with Gasteiger partial charge in [-0.3, -0.25) is 4.79 Å². The Hall–Kier alpha value is -1.95. The average molecular weight is 262 g/mol. The third-order valence-corrected chi connectivity index (χ3v) is 3.03. The second kappa shape index (κ2) is 5.79. The standard InChI is InChI=1S/C13H18N4O2/c1-3-10(18)5-7-15-13(19)11-9(2)16-17-8-4-6-14-12(11)17/h4,6,8,10,18H,3,5,7H2,1-2H3,(H,15,19). The van der Waals surface area contributed by atoms with Crippen molar-refractivity contribution in [3.05, 3.63) is 29.7 Å². The lowest BCUT2D eigenvalue weighted by Gasteiger charge is -2.08. The van der Waals surface area contributed by atoms with E-state index in [0.717, 1.165) is 0 Å². The molecule has 1 atom stereocenters. The average Bonchev–Trinajstić information content (AvgIpc) is 2.74. The minimum absolute atomic E-state index is 0.200. The summed E-state index contributed by atoms with van der Waals surface area (Å²) in [4.78, 5) is 16.3. The van der Waals surface area contributed by atoms with Crippen LogP contribution in [-0.2, 0) is 0 Å². The quantitative estimate of drug-likeness (QED) is 0.840. The number of aryl methyl sites for hydroxylation is 1. The van der Waals surface area contributed by atoms with Crippen molar-refractivity contribution >= 4 is 11.6 Å². The van der Waals surface area contributed by atoms with Crippen molar-refractivity contribution in [2.75, 3.05) is 6.54 Å². The maximum atomic E-state index is 12.1. The van der Waals surface area contributed by atoms with Crippen LogP contribution in [0, 0.1) is 6.92 Å². The number of carbonyl (C=O) groups is 1. The van der Waals surface area contributed by atoms with Crippen LogP contribution >= 0.6 is 0 Å². The van der Waals surface area contributed by atoms with Crippen LogP contribution in [0.2, 0.25) is 0 Å². The van der Waals surface area contributed by atoms with E-state index in [1.54, 1.807) is 29.9 Å². The van der Waals surface area contributed by atoms with Crippen molar-refractivity contribution in [3.8, 4) is 0 Å². The molecule has 1 amide bonds. The molecule has 6 heteroatoms. The van der Waals surface area contributed by atoms with E-state index in [9.17, 15) is 9.90 Å². The maximum absolute atomic E-state index is 12.1. The summed E-state index contributed by atoms with van der Waals surface area (Å²) in [6.45, 7) is 4.13. The number of hydrogen-bond donors (Lipinski definition) is 2. The van der Waals surface area contributed by atoms with E-state index in [0.29, 0.717) is 36.3 Å². The number of amides is 1. The lowest BCUT2D eigenvalue weighted by molar-refractivity contribution is 0.0943. The molecule has 0 bridgehead atoms. The van der Waals surface area contributed by atoms with Gasteiger partial charge in [0.2, 0.25) is 0 Å². The summed E-state index contributed by atoms with van der Waals surface area (Å²) < 4.78 is 1.59. The van der Waals surface area contributed by atoms with Crippen LogP contribution in [0.15, 0.2) is 18.5 Å². The van der Waals surface area contributed by atoms with Gasteiger partial charge in [-0.05, 0) is 25.8 Å². The third kappa shape index (κ3) is 2.90. The first kappa shape index (κ1) is 13.5. The van der Waals surface area contributed by atoms with Crippen LogP contribution in [0.1, 0.15) is 35.8 Å². The summed E-state index contributed by atoms with van der Waals surface area (Å²) in [6, 6.07) is 1.76. The molecule has 1 unspecified atom stereocenters. The Morgan fingerprint density at radius 1 is 1.58 bits per heavy atom. The van der Waals surface area contributed by atoms with E-state index >= 15 is 0 Å². The monoisotopic (exact) mass is 262 g/mol. The maximum Gasteiger partial charge on any atom is 0.257 e. The number of hydrogen-bond acceptors (Lipinski definition) is 4. The molecule has 0 saturated heterocycles. The molecule has 2 N–H and O–H groups in total. The Kier molecular flexibility index (Phi) is 4.11. The number of fused-ring (bicyclic) bond motifs is 1. The van der Waals surface area contributed by atoms with Crippen molar-refractivity contribution in [3.63, 3.8) is 0 Å². The molecule has 0 aliphatic rings. The predicted octanol–water partition coefficient (Wildman–Crippen LogP) is 0.929. The first-order chi connectivity index (χ1) is 9.13. The van der Waals surface area contributed by atoms with Crippen LogP contribution in [0.4, 0.5) is 0 Å². The van der Waals surface area contributed by atoms with Gasteiger partial charge < -0.3 is 10.4 Å². The van der Waals surface area contributed by atoms with Gasteiger partial charge in [0.15, 0.2) is 5.65 Å². The molecule has 6 nitrogen and oxygen atoms in total. The fraction of sp³-hybridized carbons (Fsp3) is 0.462. The minimum atomic E-state index is -0.372. The highest BCUT2D eigenvalue weighted by Crippen LogP contribution is 2.12. The van der Waals surface area contributed by atoms with Crippen LogP contribution in [-0.4, -0.2) is 38.3 Å². The van der Waals surface area contributed by atoms with E-state index in [-0.39, 0.29) is 12.0 Å². The fourth-order valence-corrected chi connectivity index (χ4v) is 1.91. The van der Waals surface area contributed by atoms with E-state index in [4.69, 9.17) is 0 Å². The normalized spacial score (nSPS) is 12.6. The van der Waals surface area contributed by atoms with Gasteiger partial charge in [0.05, 0.1) is 11.8 Å². The number of aliphatic hydroxyl groups excluding tert-OH is 1. The Morgan fingerprint density at radius 2 is 2.37 bits per heavy atom. The highest BCUT2D eigenvalue weighted by molar-refractivity contribution is 6.00. The SMILES string of the molecule is CCC(O)CCNC(=O)c1c(C)nn2cccnc12. The van der Waals surface area contributed by atoms with E-state index in [1.807, 2.05) is 6.92 Å². The van der Waals surface area contributed by atoms with Gasteiger partial charge in [-0.2, -0.15) is 5.10 Å². The topological polar surface area (TPSA) is 79.5 Å². The third-order valence-electron chi connectivity index (χ3n) is 3.03. The molecule has 19 heavy (non-hydrogen) atoms. The van der Waals surface area contributed by atoms with Gasteiger partial charge >= 0.3 is 0 Å². The van der Waals surface area contributed by atoms with Gasteiger partial charge in [0.1, 0.15) is 5.56 Å². The minimum Gasteiger partial charge on any atom is -0.393 e. The second-order valence-electron chi connectivity index (χ2n) is 4.45. The molecule has 2 aromatic rings. The summed E-state index contributed by atoms with van der Waals surface area (Å²) in [5, 5.41) is 16.5. The zero-order valence-corrected chi connectivity index (χ0v) is 11.1. The Labute approximate surface area is 111 Å². The molecule has 2 rings (SSSR count). The van der Waals surface area contributed by atoms with Crippen LogP contribution < -0.4 is 5.32 Å². The van der Waals surface area contributed by atoms with E-state index < -0.39 is 0 Å². The summed E-state index contributed by atoms with van der Waals surface area (Å²) in [7, 11) is 0. The van der Waals surface area contributed by atoms with Crippen LogP contribution in [0.5, 0.6) is 0 Å². The predicted molar refractivity (Wildman–Crippen MR) is 71.0 cm³/mol. The molecule has 0 aliphatic heterocycles. The first-order valence-electron chi connectivity index (χ1n) is 6.39. The lowest BCUT2D eigenvalue weighted by Crippen LogP contribution is -2.27. The number of aliphatic hydroxyl groups is 1. The number of rotatable bonds is 5. The molecular weight excluding hydrogens is 244 g/mol. The molecule has 0 saturated carbocycles. The summed E-state index contributed by atoms with van der Waals surface area (Å²) in [5.74, 6) is -0.200. The molecule has 0 fully saturated rings. The zero-order valence-electron chi connectivity index (χ0n) is 11.1. The van der Waals surface area contributed by atoms with Crippen molar-refractivity contribution in [2.45, 2.75) is 32.8 Å². The van der Waals surface area contributed by atoms with Gasteiger partial charge in [-0.15, -0.1) is 0 Å². The lowest BCUT2D eigenvalue weighted by atomic mass is 10.2. The molecule has 2 aromatic heterocycles. The highest BCUT2D eigenvalue weighted by Gasteiger charge is 2.17. The number of nitrogens with zero attached hydrogens (tertiary/aromatic N) is 3. The van der Waals surface area contributed by atoms with E-state index in [2.05, 4.69) is 15.4 Å². The number of nitrogens with one attached hydrogen (secondary N) is 1. The first-order valence-corrected chi connectivity index (χ1v) is 6.39. The Balaban J connectivity index is 2.11. The smallest absolute Gasteiger partial charge is 0.257 e. The van der Waals surface area contributed by atoms with Gasteiger partial charge in [0, 0.05) is 18.9 Å². The molecular formula is C13H18N4O2. The Bertz CT molecular complexity index is 579. The van der Waals surface area contributed by atoms with Crippen molar-refractivity contribution in [1.82, 2.24) is 19.9 Å². The zero-order chi connectivity index (χ0) is 13.8. The number of aromatic nitrogens is 3. The van der Waals surface area contributed by atoms with Crippen LogP contribution in [0.25, 0.3) is 5.65 Å². The number of carbonyl (C=O) groups excluding carboxylic acids is 1.